The first-order valence-corrected chi connectivity index (χ1v) is 13.4. The molecule has 0 saturated carbocycles. The van der Waals surface area contributed by atoms with Gasteiger partial charge in [0.1, 0.15) is 11.6 Å². The summed E-state index contributed by atoms with van der Waals surface area (Å²) in [7, 11) is -3.16. The van der Waals surface area contributed by atoms with Gasteiger partial charge < -0.3 is 10.6 Å². The highest BCUT2D eigenvalue weighted by Gasteiger charge is 2.23. The minimum atomic E-state index is -3.16. The van der Waals surface area contributed by atoms with E-state index in [1.165, 1.54) is 10.6 Å². The molecule has 2 N–H and O–H groups in total. The van der Waals surface area contributed by atoms with Gasteiger partial charge in [-0.3, -0.25) is 9.69 Å². The van der Waals surface area contributed by atoms with Crippen LogP contribution < -0.4 is 10.6 Å². The topological polar surface area (TPSA) is 108 Å². The molecule has 184 valence electrons. The predicted octanol–water partition coefficient (Wildman–Crippen LogP) is 3.86. The molecule has 0 unspecified atom stereocenters. The maximum Gasteiger partial charge on any atom is 0.258 e. The molecule has 1 aliphatic heterocycles. The van der Waals surface area contributed by atoms with Gasteiger partial charge in [-0.15, -0.1) is 0 Å². The van der Waals surface area contributed by atoms with Gasteiger partial charge in [-0.2, -0.15) is 4.31 Å². The Labute approximate surface area is 214 Å². The molecule has 35 heavy (non-hydrogen) atoms. The van der Waals surface area contributed by atoms with Crippen LogP contribution in [0.2, 0.25) is 10.0 Å². The summed E-state index contributed by atoms with van der Waals surface area (Å²) in [5.41, 5.74) is 1.57. The summed E-state index contributed by atoms with van der Waals surface area (Å²) in [5, 5.41) is 6.47. The van der Waals surface area contributed by atoms with E-state index < -0.39 is 15.9 Å². The molecule has 0 radical (unpaired) electrons. The van der Waals surface area contributed by atoms with Crippen LogP contribution >= 0.6 is 23.2 Å². The monoisotopic (exact) mass is 534 g/mol. The largest absolute Gasteiger partial charge is 0.325 e. The molecule has 1 aromatic carbocycles. The van der Waals surface area contributed by atoms with E-state index >= 15 is 0 Å². The Balaban J connectivity index is 1.39. The quantitative estimate of drug-likeness (QED) is 0.473. The summed E-state index contributed by atoms with van der Waals surface area (Å²) in [6.45, 7) is 2.84. The molecule has 0 bridgehead atoms. The van der Waals surface area contributed by atoms with Crippen LogP contribution in [0.1, 0.15) is 16.1 Å². The van der Waals surface area contributed by atoms with Crippen molar-refractivity contribution in [3.63, 3.8) is 0 Å². The second-order valence-electron chi connectivity index (χ2n) is 8.06. The number of nitrogens with one attached hydrogen (secondary N) is 2. The van der Waals surface area contributed by atoms with Gasteiger partial charge in [-0.25, -0.2) is 18.4 Å². The molecule has 1 amide bonds. The number of anilines is 3. The number of carbonyl (C=O) groups is 1. The van der Waals surface area contributed by atoms with E-state index in [4.69, 9.17) is 23.2 Å². The van der Waals surface area contributed by atoms with Crippen LogP contribution in [0.5, 0.6) is 0 Å². The molecular weight excluding hydrogens is 511 g/mol. The molecule has 4 rings (SSSR count). The van der Waals surface area contributed by atoms with Gasteiger partial charge in [0.25, 0.3) is 5.91 Å². The van der Waals surface area contributed by atoms with Gasteiger partial charge in [0.15, 0.2) is 0 Å². The maximum absolute atomic E-state index is 12.7. The number of carbonyl (C=O) groups excluding carboxylic acids is 1. The van der Waals surface area contributed by atoms with Gasteiger partial charge in [-0.05, 0) is 30.3 Å². The second-order valence-corrected chi connectivity index (χ2v) is 10.9. The number of hydrogen-bond donors (Lipinski definition) is 2. The van der Waals surface area contributed by atoms with E-state index in [1.54, 1.807) is 36.5 Å². The third-order valence-corrected chi connectivity index (χ3v) is 7.39. The summed E-state index contributed by atoms with van der Waals surface area (Å²) >= 11 is 12.3. The fraction of sp³-hybridized carbons (Fsp3) is 0.261. The molecule has 1 aliphatic rings. The van der Waals surface area contributed by atoms with Crippen LogP contribution in [-0.4, -0.2) is 65.9 Å². The van der Waals surface area contributed by atoms with Crippen LogP contribution in [-0.2, 0) is 16.6 Å². The molecule has 2 aromatic heterocycles. The molecule has 3 aromatic rings. The average Bonchev–Trinajstić information content (AvgIpc) is 2.79. The lowest BCUT2D eigenvalue weighted by Gasteiger charge is -2.32. The van der Waals surface area contributed by atoms with Crippen molar-refractivity contribution in [3.8, 4) is 0 Å². The van der Waals surface area contributed by atoms with Gasteiger partial charge in [-0.1, -0.05) is 35.3 Å². The van der Waals surface area contributed by atoms with Gasteiger partial charge in [0.05, 0.1) is 27.6 Å². The van der Waals surface area contributed by atoms with Crippen molar-refractivity contribution in [2.45, 2.75) is 6.54 Å². The van der Waals surface area contributed by atoms with Crippen LogP contribution in [0, 0.1) is 0 Å². The molecule has 1 saturated heterocycles. The van der Waals surface area contributed by atoms with E-state index in [2.05, 4.69) is 25.5 Å². The average molecular weight is 535 g/mol. The summed E-state index contributed by atoms with van der Waals surface area (Å²) in [6.07, 6.45) is 2.80. The van der Waals surface area contributed by atoms with E-state index in [0.29, 0.717) is 50.0 Å². The lowest BCUT2D eigenvalue weighted by atomic mass is 10.2. The summed E-state index contributed by atoms with van der Waals surface area (Å²) in [6, 6.07) is 13.9. The van der Waals surface area contributed by atoms with E-state index in [1.807, 2.05) is 18.2 Å². The van der Waals surface area contributed by atoms with Crippen molar-refractivity contribution in [2.24, 2.45) is 0 Å². The SMILES string of the molecule is CS(=O)(=O)N1CCN(Cc2cccc(Nc3cc(NC(=O)c4c(Cl)cccc4Cl)ccn3)n2)CC1. The molecule has 1 fully saturated rings. The van der Waals surface area contributed by atoms with Gasteiger partial charge in [0, 0.05) is 50.7 Å². The standard InChI is InChI=1S/C23H24Cl2N6O3S/c1-35(33,34)31-12-10-30(11-13-31)15-17-4-2-7-20(27-17)29-21-14-16(8-9-26-21)28-23(32)22-18(24)5-3-6-19(22)25/h2-9,14H,10-13,15H2,1H3,(H2,26,27,28,29,32). The smallest absolute Gasteiger partial charge is 0.258 e. The number of halogens is 2. The van der Waals surface area contributed by atoms with E-state index in [-0.39, 0.29) is 15.6 Å². The third kappa shape index (κ3) is 6.68. The first kappa shape index (κ1) is 25.3. The Morgan fingerprint density at radius 2 is 1.69 bits per heavy atom. The zero-order valence-electron chi connectivity index (χ0n) is 18.9. The minimum absolute atomic E-state index is 0.203. The Bertz CT molecular complexity index is 1310. The normalized spacial score (nSPS) is 15.1. The summed E-state index contributed by atoms with van der Waals surface area (Å²) < 4.78 is 24.9. The number of sulfonamides is 1. The van der Waals surface area contributed by atoms with Crippen LogP contribution in [0.4, 0.5) is 17.3 Å². The number of hydrogen-bond acceptors (Lipinski definition) is 7. The maximum atomic E-state index is 12.7. The van der Waals surface area contributed by atoms with Crippen molar-refractivity contribution in [3.05, 3.63) is 76.0 Å². The zero-order chi connectivity index (χ0) is 25.0. The van der Waals surface area contributed by atoms with Crippen LogP contribution in [0.15, 0.2) is 54.7 Å². The van der Waals surface area contributed by atoms with Crippen molar-refractivity contribution < 1.29 is 13.2 Å². The number of rotatable bonds is 7. The lowest BCUT2D eigenvalue weighted by Crippen LogP contribution is -2.47. The molecule has 3 heterocycles. The molecule has 0 spiro atoms. The van der Waals surface area contributed by atoms with Crippen LogP contribution in [0.25, 0.3) is 0 Å². The molecule has 9 nitrogen and oxygen atoms in total. The molecular formula is C23H24Cl2N6O3S. The highest BCUT2D eigenvalue weighted by molar-refractivity contribution is 7.88. The first-order valence-electron chi connectivity index (χ1n) is 10.8. The highest BCUT2D eigenvalue weighted by atomic mass is 35.5. The number of aromatic nitrogens is 2. The van der Waals surface area contributed by atoms with E-state index in [0.717, 1.165) is 5.69 Å². The predicted molar refractivity (Wildman–Crippen MR) is 138 cm³/mol. The number of pyridine rings is 2. The number of piperazine rings is 1. The molecule has 0 atom stereocenters. The minimum Gasteiger partial charge on any atom is -0.325 e. The molecule has 0 aliphatic carbocycles. The number of benzene rings is 1. The van der Waals surface area contributed by atoms with E-state index in [9.17, 15) is 13.2 Å². The molecule has 12 heteroatoms. The number of nitrogens with zero attached hydrogens (tertiary/aromatic N) is 4. The van der Waals surface area contributed by atoms with Crippen molar-refractivity contribution in [1.29, 1.82) is 0 Å². The Kier molecular flexibility index (Phi) is 7.88. The first-order chi connectivity index (χ1) is 16.7. The fourth-order valence-corrected chi connectivity index (χ4v) is 5.10. The van der Waals surface area contributed by atoms with Crippen LogP contribution in [0.3, 0.4) is 0 Å². The van der Waals surface area contributed by atoms with Crippen molar-refractivity contribution in [1.82, 2.24) is 19.2 Å². The van der Waals surface area contributed by atoms with Crippen molar-refractivity contribution >= 4 is 56.5 Å². The lowest BCUT2D eigenvalue weighted by molar-refractivity contribution is 0.102. The van der Waals surface area contributed by atoms with Crippen molar-refractivity contribution in [2.75, 3.05) is 43.1 Å². The fourth-order valence-electron chi connectivity index (χ4n) is 3.70. The number of amides is 1. The Morgan fingerprint density at radius 3 is 2.37 bits per heavy atom. The third-order valence-electron chi connectivity index (χ3n) is 5.46. The van der Waals surface area contributed by atoms with Gasteiger partial charge in [0.2, 0.25) is 10.0 Å². The Morgan fingerprint density at radius 1 is 1.00 bits per heavy atom. The second kappa shape index (κ2) is 10.9. The summed E-state index contributed by atoms with van der Waals surface area (Å²) in [5.74, 6) is 0.677. The zero-order valence-corrected chi connectivity index (χ0v) is 21.2. The summed E-state index contributed by atoms with van der Waals surface area (Å²) in [4.78, 5) is 23.8. The highest BCUT2D eigenvalue weighted by Crippen LogP contribution is 2.26. The Hall–Kier alpha value is -2.76. The van der Waals surface area contributed by atoms with Gasteiger partial charge >= 0.3 is 0 Å².